The van der Waals surface area contributed by atoms with E-state index in [0.29, 0.717) is 25.1 Å². The number of nitrogens with zero attached hydrogens (tertiary/aromatic N) is 5. The van der Waals surface area contributed by atoms with Crippen molar-refractivity contribution >= 4 is 0 Å². The van der Waals surface area contributed by atoms with Gasteiger partial charge in [-0.15, -0.1) is 5.10 Å². The molecular weight excluding hydrogens is 230 g/mol. The molecule has 0 fully saturated rings. The zero-order valence-corrected chi connectivity index (χ0v) is 10.1. The summed E-state index contributed by atoms with van der Waals surface area (Å²) >= 11 is 0. The van der Waals surface area contributed by atoms with Crippen LogP contribution in [0.2, 0.25) is 0 Å². The van der Waals surface area contributed by atoms with Gasteiger partial charge in [0.15, 0.2) is 5.82 Å². The molecule has 0 radical (unpaired) electrons. The number of rotatable bonds is 5. The third-order valence-corrected chi connectivity index (χ3v) is 2.55. The van der Waals surface area contributed by atoms with Crippen LogP contribution >= 0.6 is 0 Å². The predicted molar refractivity (Wildman–Crippen MR) is 63.7 cm³/mol. The van der Waals surface area contributed by atoms with Gasteiger partial charge < -0.3 is 4.74 Å². The first-order chi connectivity index (χ1) is 8.83. The fourth-order valence-corrected chi connectivity index (χ4v) is 1.58. The number of benzene rings is 1. The summed E-state index contributed by atoms with van der Waals surface area (Å²) in [6.07, 6.45) is 0.680. The van der Waals surface area contributed by atoms with Gasteiger partial charge in [0.2, 0.25) is 0 Å². The average molecular weight is 243 g/mol. The molecule has 0 spiro atoms. The summed E-state index contributed by atoms with van der Waals surface area (Å²) in [5, 5.41) is 20.3. The van der Waals surface area contributed by atoms with Gasteiger partial charge in [-0.25, -0.2) is 4.68 Å². The monoisotopic (exact) mass is 243 g/mol. The Kier molecular flexibility index (Phi) is 3.99. The molecule has 0 amide bonds. The zero-order chi connectivity index (χ0) is 12.8. The van der Waals surface area contributed by atoms with Gasteiger partial charge in [0.25, 0.3) is 0 Å². The van der Waals surface area contributed by atoms with Gasteiger partial charge in [-0.05, 0) is 28.1 Å². The van der Waals surface area contributed by atoms with Gasteiger partial charge in [0.05, 0.1) is 24.8 Å². The number of methoxy groups -OCH3 is 1. The molecule has 18 heavy (non-hydrogen) atoms. The number of tetrazole rings is 1. The lowest BCUT2D eigenvalue weighted by molar-refractivity contribution is 0.199. The summed E-state index contributed by atoms with van der Waals surface area (Å²) in [5.41, 5.74) is 1.70. The third-order valence-electron chi connectivity index (χ3n) is 2.55. The van der Waals surface area contributed by atoms with E-state index in [2.05, 4.69) is 21.6 Å². The standard InChI is InChI=1S/C12H13N5O/c1-18-7-6-12-14-15-16-17(12)9-11-4-2-10(8-13)3-5-11/h2-5H,6-7,9H2,1H3. The predicted octanol–water partition coefficient (Wildman–Crippen LogP) is 0.782. The lowest BCUT2D eigenvalue weighted by Crippen LogP contribution is -2.09. The van der Waals surface area contributed by atoms with Crippen LogP contribution in [0.5, 0.6) is 0 Å². The molecule has 6 heteroatoms. The van der Waals surface area contributed by atoms with Crippen molar-refractivity contribution in [3.05, 3.63) is 41.2 Å². The van der Waals surface area contributed by atoms with E-state index < -0.39 is 0 Å². The summed E-state index contributed by atoms with van der Waals surface area (Å²) in [4.78, 5) is 0. The molecule has 1 heterocycles. The zero-order valence-electron chi connectivity index (χ0n) is 10.1. The second-order valence-corrected chi connectivity index (χ2v) is 3.80. The van der Waals surface area contributed by atoms with Crippen LogP contribution in [0.15, 0.2) is 24.3 Å². The number of hydrogen-bond donors (Lipinski definition) is 0. The first-order valence-corrected chi connectivity index (χ1v) is 5.56. The maximum Gasteiger partial charge on any atom is 0.153 e. The number of hydrogen-bond acceptors (Lipinski definition) is 5. The van der Waals surface area contributed by atoms with Crippen molar-refractivity contribution in [1.29, 1.82) is 5.26 Å². The molecule has 0 aliphatic heterocycles. The van der Waals surface area contributed by atoms with Crippen molar-refractivity contribution in [1.82, 2.24) is 20.2 Å². The highest BCUT2D eigenvalue weighted by Gasteiger charge is 2.06. The van der Waals surface area contributed by atoms with Gasteiger partial charge in [-0.1, -0.05) is 12.1 Å². The summed E-state index contributed by atoms with van der Waals surface area (Å²) < 4.78 is 6.74. The Morgan fingerprint density at radius 1 is 1.33 bits per heavy atom. The van der Waals surface area contributed by atoms with E-state index in [1.54, 1.807) is 23.9 Å². The fourth-order valence-electron chi connectivity index (χ4n) is 1.58. The Morgan fingerprint density at radius 3 is 2.78 bits per heavy atom. The third kappa shape index (κ3) is 2.90. The van der Waals surface area contributed by atoms with Gasteiger partial charge in [0.1, 0.15) is 0 Å². The quantitative estimate of drug-likeness (QED) is 0.775. The molecule has 0 saturated heterocycles. The van der Waals surface area contributed by atoms with Gasteiger partial charge in [0, 0.05) is 13.5 Å². The lowest BCUT2D eigenvalue weighted by Gasteiger charge is -2.04. The molecule has 0 N–H and O–H groups in total. The van der Waals surface area contributed by atoms with E-state index in [-0.39, 0.29) is 0 Å². The van der Waals surface area contributed by atoms with Crippen LogP contribution in [0.4, 0.5) is 0 Å². The Hall–Kier alpha value is -2.26. The molecule has 0 unspecified atom stereocenters. The summed E-state index contributed by atoms with van der Waals surface area (Å²) in [6, 6.07) is 9.47. The molecule has 0 aliphatic rings. The first-order valence-electron chi connectivity index (χ1n) is 5.56. The van der Waals surface area contributed by atoms with Crippen LogP contribution < -0.4 is 0 Å². The SMILES string of the molecule is COCCc1nnnn1Cc1ccc(C#N)cc1. The van der Waals surface area contributed by atoms with Crippen molar-refractivity contribution in [3.63, 3.8) is 0 Å². The Bertz CT molecular complexity index is 540. The Labute approximate surface area is 105 Å². The molecule has 2 rings (SSSR count). The minimum Gasteiger partial charge on any atom is -0.384 e. The van der Waals surface area contributed by atoms with Crippen molar-refractivity contribution in [3.8, 4) is 6.07 Å². The van der Waals surface area contributed by atoms with Crippen LogP contribution in [0.1, 0.15) is 17.0 Å². The second-order valence-electron chi connectivity index (χ2n) is 3.80. The second kappa shape index (κ2) is 5.89. The van der Waals surface area contributed by atoms with E-state index in [1.165, 1.54) is 0 Å². The van der Waals surface area contributed by atoms with Gasteiger partial charge in [-0.3, -0.25) is 0 Å². The number of ether oxygens (including phenoxy) is 1. The van der Waals surface area contributed by atoms with E-state index in [1.807, 2.05) is 12.1 Å². The molecule has 0 aliphatic carbocycles. The molecule has 2 aromatic rings. The van der Waals surface area contributed by atoms with Crippen molar-refractivity contribution < 1.29 is 4.74 Å². The molecule has 0 bridgehead atoms. The molecule has 1 aromatic heterocycles. The molecule has 92 valence electrons. The number of aromatic nitrogens is 4. The fraction of sp³-hybridized carbons (Fsp3) is 0.333. The van der Waals surface area contributed by atoms with Crippen molar-refractivity contribution in [2.24, 2.45) is 0 Å². The number of nitriles is 1. The van der Waals surface area contributed by atoms with Crippen LogP contribution in [0.25, 0.3) is 0 Å². The molecular formula is C12H13N5O. The highest BCUT2D eigenvalue weighted by Crippen LogP contribution is 2.06. The smallest absolute Gasteiger partial charge is 0.153 e. The van der Waals surface area contributed by atoms with Gasteiger partial charge >= 0.3 is 0 Å². The average Bonchev–Trinajstić information content (AvgIpc) is 2.84. The van der Waals surface area contributed by atoms with E-state index in [9.17, 15) is 0 Å². The molecule has 1 aromatic carbocycles. The topological polar surface area (TPSA) is 76.6 Å². The molecule has 0 atom stereocenters. The van der Waals surface area contributed by atoms with Crippen LogP contribution in [0, 0.1) is 11.3 Å². The minimum atomic E-state index is 0.591. The van der Waals surface area contributed by atoms with Crippen molar-refractivity contribution in [2.45, 2.75) is 13.0 Å². The molecule has 0 saturated carbocycles. The largest absolute Gasteiger partial charge is 0.384 e. The lowest BCUT2D eigenvalue weighted by atomic mass is 10.1. The van der Waals surface area contributed by atoms with Crippen molar-refractivity contribution in [2.75, 3.05) is 13.7 Å². The summed E-state index contributed by atoms with van der Waals surface area (Å²) in [5.74, 6) is 0.793. The van der Waals surface area contributed by atoms with E-state index in [4.69, 9.17) is 10.00 Å². The summed E-state index contributed by atoms with van der Waals surface area (Å²) in [6.45, 7) is 1.19. The highest BCUT2D eigenvalue weighted by molar-refractivity contribution is 5.31. The summed E-state index contributed by atoms with van der Waals surface area (Å²) in [7, 11) is 1.65. The Morgan fingerprint density at radius 2 is 2.11 bits per heavy atom. The molecule has 6 nitrogen and oxygen atoms in total. The minimum absolute atomic E-state index is 0.591. The maximum absolute atomic E-state index is 8.72. The van der Waals surface area contributed by atoms with Gasteiger partial charge in [-0.2, -0.15) is 5.26 Å². The van der Waals surface area contributed by atoms with E-state index >= 15 is 0 Å². The maximum atomic E-state index is 8.72. The Balaban J connectivity index is 2.08. The normalized spacial score (nSPS) is 10.2. The first kappa shape index (κ1) is 12.2. The highest BCUT2D eigenvalue weighted by atomic mass is 16.5. The van der Waals surface area contributed by atoms with E-state index in [0.717, 1.165) is 11.4 Å². The van der Waals surface area contributed by atoms with Crippen LogP contribution in [0.3, 0.4) is 0 Å². The van der Waals surface area contributed by atoms with Crippen LogP contribution in [-0.2, 0) is 17.7 Å². The van der Waals surface area contributed by atoms with Crippen LogP contribution in [-0.4, -0.2) is 33.9 Å².